The Morgan fingerprint density at radius 3 is 2.62 bits per heavy atom. The van der Waals surface area contributed by atoms with Crippen molar-refractivity contribution in [1.29, 1.82) is 0 Å². The van der Waals surface area contributed by atoms with Crippen LogP contribution < -0.4 is 0 Å². The molecule has 2 heterocycles. The van der Waals surface area contributed by atoms with Gasteiger partial charge in [-0.15, -0.1) is 6.58 Å². The molecule has 0 aromatic carbocycles. The molecule has 0 aromatic rings. The van der Waals surface area contributed by atoms with Crippen LogP contribution in [0, 0.1) is 5.92 Å². The monoisotopic (exact) mass is 358 g/mol. The zero-order valence-corrected chi connectivity index (χ0v) is 11.9. The Bertz CT molecular complexity index is 372. The average molecular weight is 358 g/mol. The second-order valence-electron chi connectivity index (χ2n) is 4.17. The predicted molar refractivity (Wildman–Crippen MR) is 69.2 cm³/mol. The molecule has 0 amide bonds. The van der Waals surface area contributed by atoms with Gasteiger partial charge in [0.05, 0.1) is 19.0 Å². The summed E-state index contributed by atoms with van der Waals surface area (Å²) < 4.78 is 34.6. The fourth-order valence-electron chi connectivity index (χ4n) is 2.30. The first-order chi connectivity index (χ1) is 7.50. The molecule has 92 valence electrons. The zero-order valence-electron chi connectivity index (χ0n) is 8.89. The normalized spacial score (nSPS) is 36.3. The van der Waals surface area contributed by atoms with E-state index in [1.807, 2.05) is 22.6 Å². The van der Waals surface area contributed by atoms with Crippen molar-refractivity contribution in [2.45, 2.75) is 21.9 Å². The largest absolute Gasteiger partial charge is 0.347 e. The van der Waals surface area contributed by atoms with Gasteiger partial charge in [-0.05, 0) is 6.42 Å². The van der Waals surface area contributed by atoms with Crippen LogP contribution in [-0.2, 0) is 19.3 Å². The molecule has 2 aliphatic heterocycles. The molecule has 2 saturated heterocycles. The van der Waals surface area contributed by atoms with Crippen molar-refractivity contribution in [2.75, 3.05) is 19.0 Å². The highest BCUT2D eigenvalue weighted by Crippen LogP contribution is 2.43. The fraction of sp³-hybridized carbons (Fsp3) is 0.800. The van der Waals surface area contributed by atoms with Crippen molar-refractivity contribution in [3.05, 3.63) is 12.7 Å². The molecular formula is C10H15IO4S. The van der Waals surface area contributed by atoms with E-state index in [-0.39, 0.29) is 11.7 Å². The number of ether oxygens (including phenoxy) is 2. The van der Waals surface area contributed by atoms with Gasteiger partial charge in [-0.2, -0.15) is 0 Å². The predicted octanol–water partition coefficient (Wildman–Crippen LogP) is 1.50. The third-order valence-corrected chi connectivity index (χ3v) is 7.70. The van der Waals surface area contributed by atoms with Crippen LogP contribution in [0.4, 0.5) is 0 Å². The Morgan fingerprint density at radius 1 is 1.44 bits per heavy atom. The molecule has 0 radical (unpaired) electrons. The summed E-state index contributed by atoms with van der Waals surface area (Å²) >= 11 is 1.96. The van der Waals surface area contributed by atoms with E-state index in [0.717, 1.165) is 0 Å². The molecule has 4 nitrogen and oxygen atoms in total. The third kappa shape index (κ3) is 2.16. The van der Waals surface area contributed by atoms with Gasteiger partial charge in [0.2, 0.25) is 0 Å². The van der Waals surface area contributed by atoms with Crippen LogP contribution in [0.15, 0.2) is 12.7 Å². The maximum Gasteiger partial charge on any atom is 0.174 e. The van der Waals surface area contributed by atoms with Crippen molar-refractivity contribution < 1.29 is 17.9 Å². The van der Waals surface area contributed by atoms with Crippen LogP contribution in [0.5, 0.6) is 0 Å². The lowest BCUT2D eigenvalue weighted by Crippen LogP contribution is -2.50. The van der Waals surface area contributed by atoms with E-state index >= 15 is 0 Å². The van der Waals surface area contributed by atoms with Gasteiger partial charge >= 0.3 is 0 Å². The van der Waals surface area contributed by atoms with E-state index < -0.39 is 18.9 Å². The Labute approximate surface area is 109 Å². The summed E-state index contributed by atoms with van der Waals surface area (Å²) in [5.74, 6) is -0.679. The van der Waals surface area contributed by atoms with Gasteiger partial charge in [0.1, 0.15) is 3.26 Å². The number of rotatable bonds is 2. The van der Waals surface area contributed by atoms with Crippen LogP contribution in [0.25, 0.3) is 0 Å². The minimum Gasteiger partial charge on any atom is -0.347 e. The van der Waals surface area contributed by atoms with Crippen molar-refractivity contribution in [3.63, 3.8) is 0 Å². The van der Waals surface area contributed by atoms with Crippen molar-refractivity contribution in [2.24, 2.45) is 5.92 Å². The highest BCUT2D eigenvalue weighted by Gasteiger charge is 2.52. The number of alkyl halides is 1. The second-order valence-corrected chi connectivity index (χ2v) is 8.75. The highest BCUT2D eigenvalue weighted by atomic mass is 127. The van der Waals surface area contributed by atoms with Crippen LogP contribution in [0.3, 0.4) is 0 Å². The number of hydrogen-bond acceptors (Lipinski definition) is 4. The minimum atomic E-state index is -3.02. The van der Waals surface area contributed by atoms with Crippen molar-refractivity contribution in [3.8, 4) is 0 Å². The van der Waals surface area contributed by atoms with Gasteiger partial charge in [-0.3, -0.25) is 0 Å². The molecule has 0 aromatic heterocycles. The molecule has 0 aliphatic carbocycles. The summed E-state index contributed by atoms with van der Waals surface area (Å²) in [6, 6.07) is 0. The summed E-state index contributed by atoms with van der Waals surface area (Å²) in [5, 5.41) is 0. The zero-order chi connectivity index (χ0) is 11.8. The Morgan fingerprint density at radius 2 is 2.06 bits per heavy atom. The summed E-state index contributed by atoms with van der Waals surface area (Å²) in [6.07, 6.45) is 2.78. The lowest BCUT2D eigenvalue weighted by atomic mass is 9.94. The molecule has 0 N–H and O–H groups in total. The number of halogens is 1. The van der Waals surface area contributed by atoms with E-state index in [1.54, 1.807) is 6.08 Å². The van der Waals surface area contributed by atoms with E-state index in [1.165, 1.54) is 0 Å². The molecule has 2 rings (SSSR count). The van der Waals surface area contributed by atoms with E-state index in [0.29, 0.717) is 26.1 Å². The summed E-state index contributed by atoms with van der Waals surface area (Å²) in [4.78, 5) is 0. The topological polar surface area (TPSA) is 52.6 Å². The van der Waals surface area contributed by atoms with E-state index in [9.17, 15) is 8.42 Å². The minimum absolute atomic E-state index is 0.122. The van der Waals surface area contributed by atoms with Crippen molar-refractivity contribution >= 4 is 32.4 Å². The molecule has 2 aliphatic rings. The van der Waals surface area contributed by atoms with Gasteiger partial charge in [0, 0.05) is 12.3 Å². The molecule has 0 unspecified atom stereocenters. The molecular weight excluding hydrogens is 343 g/mol. The number of hydrogen-bond donors (Lipinski definition) is 0. The van der Waals surface area contributed by atoms with Crippen LogP contribution in [-0.4, -0.2) is 36.4 Å². The van der Waals surface area contributed by atoms with E-state index in [4.69, 9.17) is 9.47 Å². The Hall–Kier alpha value is 0.340. The maximum atomic E-state index is 11.9. The van der Waals surface area contributed by atoms with Gasteiger partial charge in [-0.25, -0.2) is 8.42 Å². The van der Waals surface area contributed by atoms with Crippen LogP contribution >= 0.6 is 22.6 Å². The third-order valence-electron chi connectivity index (χ3n) is 3.12. The summed E-state index contributed by atoms with van der Waals surface area (Å²) in [6.45, 7) is 4.77. The molecule has 6 heteroatoms. The number of sulfone groups is 1. The molecule has 1 spiro atoms. The maximum absolute atomic E-state index is 11.9. The molecule has 16 heavy (non-hydrogen) atoms. The lowest BCUT2D eigenvalue weighted by molar-refractivity contribution is -0.194. The van der Waals surface area contributed by atoms with Crippen molar-refractivity contribution in [1.82, 2.24) is 0 Å². The van der Waals surface area contributed by atoms with Gasteiger partial charge < -0.3 is 9.47 Å². The van der Waals surface area contributed by atoms with Crippen LogP contribution in [0.1, 0.15) is 12.8 Å². The van der Waals surface area contributed by atoms with Crippen LogP contribution in [0.2, 0.25) is 0 Å². The first-order valence-corrected chi connectivity index (χ1v) is 8.21. The average Bonchev–Trinajstić information content (AvgIpc) is 2.64. The molecule has 0 bridgehead atoms. The van der Waals surface area contributed by atoms with Gasteiger partial charge in [0.25, 0.3) is 0 Å². The Balaban J connectivity index is 2.27. The Kier molecular flexibility index (Phi) is 3.63. The standard InChI is InChI=1S/C10H15IO4S/c1-2-3-8-7-16(12,13)9(11)6-10(8)14-4-5-15-10/h2,8-9H,1,3-7H2/t8-,9-/m0/s1. The van der Waals surface area contributed by atoms with E-state index in [2.05, 4.69) is 6.58 Å². The van der Waals surface area contributed by atoms with Gasteiger partial charge in [-0.1, -0.05) is 28.7 Å². The molecule has 2 fully saturated rings. The number of allylic oxidation sites excluding steroid dienone is 1. The second kappa shape index (κ2) is 4.55. The first-order valence-electron chi connectivity index (χ1n) is 5.24. The highest BCUT2D eigenvalue weighted by molar-refractivity contribution is 14.1. The fourth-order valence-corrected chi connectivity index (χ4v) is 5.18. The molecule has 0 saturated carbocycles. The quantitative estimate of drug-likeness (QED) is 0.427. The smallest absolute Gasteiger partial charge is 0.174 e. The molecule has 2 atom stereocenters. The summed E-state index contributed by atoms with van der Waals surface area (Å²) in [7, 11) is -3.02. The SMILES string of the molecule is C=CC[C@H]1CS(=O)(=O)[C@H](I)CC12OCCO2. The summed E-state index contributed by atoms with van der Waals surface area (Å²) in [5.41, 5.74) is 0. The first kappa shape index (κ1) is 12.8. The van der Waals surface area contributed by atoms with Gasteiger partial charge in [0.15, 0.2) is 15.6 Å². The lowest BCUT2D eigenvalue weighted by Gasteiger charge is -2.40.